The van der Waals surface area contributed by atoms with Crippen LogP contribution in [0.15, 0.2) is 59.0 Å². The Bertz CT molecular complexity index is 843. The summed E-state index contributed by atoms with van der Waals surface area (Å²) >= 11 is 5.25. The van der Waals surface area contributed by atoms with Crippen LogP contribution in [0, 0.1) is 10.7 Å². The molecule has 0 saturated heterocycles. The SMILES string of the molecule is CN(Cc1ccc(F)cc1)Cn1nc(Cc2ccccc2)oc1=S. The minimum atomic E-state index is -0.231. The largest absolute Gasteiger partial charge is 0.414 e. The van der Waals surface area contributed by atoms with Crippen LogP contribution < -0.4 is 0 Å². The van der Waals surface area contributed by atoms with Crippen molar-refractivity contribution in [2.24, 2.45) is 0 Å². The molecule has 1 aromatic heterocycles. The molecule has 0 fully saturated rings. The molecule has 0 saturated carbocycles. The Kier molecular flexibility index (Phi) is 5.17. The van der Waals surface area contributed by atoms with Gasteiger partial charge in [-0.05, 0) is 42.5 Å². The van der Waals surface area contributed by atoms with E-state index in [2.05, 4.69) is 5.10 Å². The van der Waals surface area contributed by atoms with E-state index >= 15 is 0 Å². The van der Waals surface area contributed by atoms with Crippen LogP contribution in [0.1, 0.15) is 17.0 Å². The van der Waals surface area contributed by atoms with Crippen LogP contribution in [0.5, 0.6) is 0 Å². The van der Waals surface area contributed by atoms with Crippen LogP contribution in [-0.2, 0) is 19.6 Å². The zero-order valence-electron chi connectivity index (χ0n) is 13.4. The van der Waals surface area contributed by atoms with Crippen LogP contribution in [0.4, 0.5) is 4.39 Å². The van der Waals surface area contributed by atoms with E-state index in [1.165, 1.54) is 12.1 Å². The van der Waals surface area contributed by atoms with Crippen molar-refractivity contribution in [1.29, 1.82) is 0 Å². The Balaban J connectivity index is 1.64. The lowest BCUT2D eigenvalue weighted by Crippen LogP contribution is -2.22. The first-order valence-electron chi connectivity index (χ1n) is 7.64. The van der Waals surface area contributed by atoms with Crippen molar-refractivity contribution in [2.75, 3.05) is 7.05 Å². The fourth-order valence-corrected chi connectivity index (χ4v) is 2.66. The highest BCUT2D eigenvalue weighted by Crippen LogP contribution is 2.10. The van der Waals surface area contributed by atoms with E-state index in [9.17, 15) is 4.39 Å². The highest BCUT2D eigenvalue weighted by atomic mass is 32.1. The number of halogens is 1. The van der Waals surface area contributed by atoms with Gasteiger partial charge in [0.2, 0.25) is 5.89 Å². The summed E-state index contributed by atoms with van der Waals surface area (Å²) < 4.78 is 20.2. The third kappa shape index (κ3) is 4.37. The lowest BCUT2D eigenvalue weighted by atomic mass is 10.2. The summed E-state index contributed by atoms with van der Waals surface area (Å²) in [5, 5.41) is 4.44. The number of benzene rings is 2. The van der Waals surface area contributed by atoms with Gasteiger partial charge in [-0.25, -0.2) is 9.07 Å². The fourth-order valence-electron chi connectivity index (χ4n) is 2.46. The van der Waals surface area contributed by atoms with Gasteiger partial charge in [-0.3, -0.25) is 4.90 Å². The topological polar surface area (TPSA) is 34.2 Å². The summed E-state index contributed by atoms with van der Waals surface area (Å²) in [5.74, 6) is 0.368. The zero-order valence-corrected chi connectivity index (χ0v) is 14.2. The number of hydrogen-bond donors (Lipinski definition) is 0. The molecule has 0 spiro atoms. The molecule has 24 heavy (non-hydrogen) atoms. The fraction of sp³-hybridized carbons (Fsp3) is 0.222. The van der Waals surface area contributed by atoms with E-state index in [1.54, 1.807) is 16.8 Å². The van der Waals surface area contributed by atoms with E-state index in [4.69, 9.17) is 16.6 Å². The lowest BCUT2D eigenvalue weighted by Gasteiger charge is -2.15. The molecule has 3 rings (SSSR count). The molecular weight excluding hydrogens is 325 g/mol. The van der Waals surface area contributed by atoms with Gasteiger partial charge in [0, 0.05) is 6.54 Å². The molecule has 4 nitrogen and oxygen atoms in total. The average molecular weight is 343 g/mol. The monoisotopic (exact) mass is 343 g/mol. The first-order valence-corrected chi connectivity index (χ1v) is 8.05. The van der Waals surface area contributed by atoms with E-state index in [1.807, 2.05) is 42.3 Å². The Labute approximate surface area is 145 Å². The smallest absolute Gasteiger partial charge is 0.288 e. The summed E-state index contributed by atoms with van der Waals surface area (Å²) in [6.07, 6.45) is 0.610. The molecule has 0 aliphatic rings. The van der Waals surface area contributed by atoms with Crippen LogP contribution in [0.25, 0.3) is 0 Å². The zero-order chi connectivity index (χ0) is 16.9. The lowest BCUT2D eigenvalue weighted by molar-refractivity contribution is 0.240. The second kappa shape index (κ2) is 7.51. The Morgan fingerprint density at radius 3 is 2.50 bits per heavy atom. The van der Waals surface area contributed by atoms with E-state index in [0.717, 1.165) is 11.1 Å². The van der Waals surface area contributed by atoms with Gasteiger partial charge in [0.25, 0.3) is 4.84 Å². The van der Waals surface area contributed by atoms with Gasteiger partial charge >= 0.3 is 0 Å². The molecule has 0 unspecified atom stereocenters. The molecule has 0 radical (unpaired) electrons. The number of rotatable bonds is 6. The van der Waals surface area contributed by atoms with Crippen molar-refractivity contribution in [1.82, 2.24) is 14.7 Å². The summed E-state index contributed by atoms with van der Waals surface area (Å²) in [7, 11) is 1.96. The van der Waals surface area contributed by atoms with Crippen molar-refractivity contribution in [3.8, 4) is 0 Å². The molecule has 1 heterocycles. The highest BCUT2D eigenvalue weighted by Gasteiger charge is 2.09. The predicted octanol–water partition coefficient (Wildman–Crippen LogP) is 4.02. The van der Waals surface area contributed by atoms with Gasteiger partial charge in [0.05, 0.1) is 13.1 Å². The van der Waals surface area contributed by atoms with Crippen molar-refractivity contribution in [3.63, 3.8) is 0 Å². The van der Waals surface area contributed by atoms with Crippen molar-refractivity contribution < 1.29 is 8.81 Å². The summed E-state index contributed by atoms with van der Waals surface area (Å²) in [6.45, 7) is 1.18. The summed E-state index contributed by atoms with van der Waals surface area (Å²) in [5.41, 5.74) is 2.15. The maximum atomic E-state index is 13.0. The van der Waals surface area contributed by atoms with Crippen molar-refractivity contribution >= 4 is 12.2 Å². The Hall–Kier alpha value is -2.31. The number of nitrogens with zero attached hydrogens (tertiary/aromatic N) is 3. The second-order valence-electron chi connectivity index (χ2n) is 5.71. The Morgan fingerprint density at radius 2 is 1.79 bits per heavy atom. The predicted molar refractivity (Wildman–Crippen MR) is 92.4 cm³/mol. The first kappa shape index (κ1) is 16.5. The van der Waals surface area contributed by atoms with Gasteiger partial charge in [0.15, 0.2) is 0 Å². The maximum absolute atomic E-state index is 13.0. The number of aromatic nitrogens is 2. The second-order valence-corrected chi connectivity index (χ2v) is 6.05. The minimum absolute atomic E-state index is 0.231. The molecule has 0 bridgehead atoms. The molecule has 0 aliphatic heterocycles. The first-order chi connectivity index (χ1) is 11.6. The molecule has 124 valence electrons. The number of hydrogen-bond acceptors (Lipinski definition) is 4. The molecule has 2 aromatic carbocycles. The van der Waals surface area contributed by atoms with E-state index in [0.29, 0.717) is 30.4 Å². The van der Waals surface area contributed by atoms with Gasteiger partial charge < -0.3 is 4.42 Å². The summed E-state index contributed by atoms with van der Waals surface area (Å²) in [6, 6.07) is 16.5. The van der Waals surface area contributed by atoms with E-state index in [-0.39, 0.29) is 5.82 Å². The molecule has 0 amide bonds. The molecule has 0 N–H and O–H groups in total. The van der Waals surface area contributed by atoms with Gasteiger partial charge in [-0.2, -0.15) is 0 Å². The average Bonchev–Trinajstić information content (AvgIpc) is 2.90. The third-order valence-corrected chi connectivity index (χ3v) is 3.88. The van der Waals surface area contributed by atoms with E-state index < -0.39 is 0 Å². The minimum Gasteiger partial charge on any atom is -0.414 e. The molecule has 3 aromatic rings. The molecule has 0 aliphatic carbocycles. The molecule has 0 atom stereocenters. The van der Waals surface area contributed by atoms with Crippen LogP contribution >= 0.6 is 12.2 Å². The van der Waals surface area contributed by atoms with Crippen LogP contribution in [0.3, 0.4) is 0 Å². The molecular formula is C18H18FN3OS. The van der Waals surface area contributed by atoms with Gasteiger partial charge in [-0.1, -0.05) is 42.5 Å². The highest BCUT2D eigenvalue weighted by molar-refractivity contribution is 7.71. The van der Waals surface area contributed by atoms with Crippen molar-refractivity contribution in [2.45, 2.75) is 19.6 Å². The van der Waals surface area contributed by atoms with Crippen LogP contribution in [0.2, 0.25) is 0 Å². The standard InChI is InChI=1S/C18H18FN3OS/c1-21(12-15-7-9-16(19)10-8-15)13-22-18(24)23-17(20-22)11-14-5-3-2-4-6-14/h2-10H,11-13H2,1H3. The third-order valence-electron chi connectivity index (χ3n) is 3.59. The van der Waals surface area contributed by atoms with Gasteiger partial charge in [0.1, 0.15) is 5.82 Å². The summed E-state index contributed by atoms with van der Waals surface area (Å²) in [4.78, 5) is 2.39. The molecule has 6 heteroatoms. The quantitative estimate of drug-likeness (QED) is 0.633. The normalized spacial score (nSPS) is 11.1. The van der Waals surface area contributed by atoms with Crippen molar-refractivity contribution in [3.05, 3.63) is 82.3 Å². The maximum Gasteiger partial charge on any atom is 0.288 e. The van der Waals surface area contributed by atoms with Gasteiger partial charge in [-0.15, -0.1) is 5.10 Å². The Morgan fingerprint density at radius 1 is 1.08 bits per heavy atom. The van der Waals surface area contributed by atoms with Crippen LogP contribution in [-0.4, -0.2) is 21.7 Å².